The molecule has 1 atom stereocenters. The Morgan fingerprint density at radius 2 is 2.14 bits per heavy atom. The summed E-state index contributed by atoms with van der Waals surface area (Å²) in [6.07, 6.45) is 2.31. The fraction of sp³-hybridized carbons (Fsp3) is 0.389. The molecule has 1 amide bonds. The van der Waals surface area contributed by atoms with Crippen molar-refractivity contribution in [3.63, 3.8) is 0 Å². The van der Waals surface area contributed by atoms with Crippen molar-refractivity contribution in [3.8, 4) is 5.75 Å². The smallest absolute Gasteiger partial charge is 0.255 e. The number of amides is 1. The number of carbonyl (C=O) groups excluding carboxylic acids is 1. The van der Waals surface area contributed by atoms with E-state index in [1.807, 2.05) is 30.3 Å². The molecular weight excluding hydrogens is 276 g/mol. The molecule has 0 aliphatic carbocycles. The van der Waals surface area contributed by atoms with E-state index in [2.05, 4.69) is 17.1 Å². The third-order valence-corrected chi connectivity index (χ3v) is 4.55. The predicted octanol–water partition coefficient (Wildman–Crippen LogP) is 2.76. The maximum atomic E-state index is 12.4. The van der Waals surface area contributed by atoms with Gasteiger partial charge in [-0.05, 0) is 37.4 Å². The number of likely N-dealkylation sites (N-methyl/N-ethyl adjacent to an activating group) is 1. The molecule has 1 aliphatic rings. The van der Waals surface area contributed by atoms with Crippen LogP contribution in [0, 0.1) is 0 Å². The minimum absolute atomic E-state index is 0.0642. The summed E-state index contributed by atoms with van der Waals surface area (Å²) >= 11 is 0. The average molecular weight is 298 g/mol. The highest BCUT2D eigenvalue weighted by atomic mass is 16.3. The van der Waals surface area contributed by atoms with Crippen molar-refractivity contribution >= 4 is 16.7 Å². The Hall–Kier alpha value is -2.07. The number of hydrogen-bond acceptors (Lipinski definition) is 3. The second-order valence-electron chi connectivity index (χ2n) is 5.82. The second-order valence-corrected chi connectivity index (χ2v) is 5.82. The Morgan fingerprint density at radius 3 is 2.95 bits per heavy atom. The monoisotopic (exact) mass is 298 g/mol. The second kappa shape index (κ2) is 6.36. The zero-order valence-electron chi connectivity index (χ0n) is 12.9. The number of fused-ring (bicyclic) bond motifs is 1. The Kier molecular flexibility index (Phi) is 4.29. The van der Waals surface area contributed by atoms with Crippen LogP contribution in [-0.4, -0.2) is 41.6 Å². The number of nitrogens with zero attached hydrogens (tertiary/aromatic N) is 1. The first-order valence-electron chi connectivity index (χ1n) is 7.93. The molecule has 0 saturated carbocycles. The molecule has 0 aromatic heterocycles. The molecule has 2 aromatic rings. The van der Waals surface area contributed by atoms with Crippen LogP contribution < -0.4 is 5.32 Å². The topological polar surface area (TPSA) is 52.6 Å². The maximum absolute atomic E-state index is 12.4. The number of carbonyl (C=O) groups is 1. The molecule has 0 radical (unpaired) electrons. The number of aromatic hydroxyl groups is 1. The molecule has 1 heterocycles. The van der Waals surface area contributed by atoms with Gasteiger partial charge in [-0.3, -0.25) is 9.69 Å². The Bertz CT molecular complexity index is 684. The molecular formula is C18H22N2O2. The van der Waals surface area contributed by atoms with Crippen LogP contribution in [0.4, 0.5) is 0 Å². The van der Waals surface area contributed by atoms with E-state index in [4.69, 9.17) is 0 Å². The van der Waals surface area contributed by atoms with Gasteiger partial charge in [0.05, 0.1) is 5.56 Å². The van der Waals surface area contributed by atoms with Gasteiger partial charge < -0.3 is 10.4 Å². The lowest BCUT2D eigenvalue weighted by molar-refractivity contribution is 0.0939. The SMILES string of the molecule is CCN1CCCC1CNC(=O)c1ccc2ccccc2c1O. The van der Waals surface area contributed by atoms with Gasteiger partial charge in [0.2, 0.25) is 0 Å². The van der Waals surface area contributed by atoms with E-state index >= 15 is 0 Å². The minimum atomic E-state index is -0.203. The Balaban J connectivity index is 1.74. The zero-order valence-corrected chi connectivity index (χ0v) is 12.9. The number of nitrogens with one attached hydrogen (secondary N) is 1. The number of rotatable bonds is 4. The lowest BCUT2D eigenvalue weighted by Gasteiger charge is -2.23. The maximum Gasteiger partial charge on any atom is 0.255 e. The normalized spacial score (nSPS) is 18.7. The van der Waals surface area contributed by atoms with E-state index in [0.29, 0.717) is 23.5 Å². The van der Waals surface area contributed by atoms with Crippen molar-refractivity contribution in [2.45, 2.75) is 25.8 Å². The summed E-state index contributed by atoms with van der Waals surface area (Å²) in [5.74, 6) is -0.138. The first-order valence-corrected chi connectivity index (χ1v) is 7.93. The Labute approximate surface area is 130 Å². The van der Waals surface area contributed by atoms with Gasteiger partial charge in [0.1, 0.15) is 5.75 Å². The van der Waals surface area contributed by atoms with Crippen LogP contribution in [0.25, 0.3) is 10.8 Å². The number of hydrogen-bond donors (Lipinski definition) is 2. The molecule has 4 nitrogen and oxygen atoms in total. The van der Waals surface area contributed by atoms with Gasteiger partial charge in [-0.25, -0.2) is 0 Å². The van der Waals surface area contributed by atoms with E-state index in [1.54, 1.807) is 6.07 Å². The molecule has 3 rings (SSSR count). The molecule has 4 heteroatoms. The molecule has 1 unspecified atom stereocenters. The minimum Gasteiger partial charge on any atom is -0.506 e. The molecule has 0 bridgehead atoms. The number of phenols is 1. The van der Waals surface area contributed by atoms with Crippen LogP contribution in [0.1, 0.15) is 30.1 Å². The van der Waals surface area contributed by atoms with Crippen molar-refractivity contribution in [1.82, 2.24) is 10.2 Å². The van der Waals surface area contributed by atoms with Crippen LogP contribution in [0.2, 0.25) is 0 Å². The van der Waals surface area contributed by atoms with Crippen molar-refractivity contribution in [2.75, 3.05) is 19.6 Å². The fourth-order valence-electron chi connectivity index (χ4n) is 3.29. The van der Waals surface area contributed by atoms with Crippen LogP contribution in [0.15, 0.2) is 36.4 Å². The van der Waals surface area contributed by atoms with E-state index in [-0.39, 0.29) is 11.7 Å². The van der Waals surface area contributed by atoms with Gasteiger partial charge in [0.15, 0.2) is 0 Å². The number of phenolic OH excluding ortho intramolecular Hbond substituents is 1. The average Bonchev–Trinajstić information content (AvgIpc) is 3.01. The van der Waals surface area contributed by atoms with Crippen LogP contribution in [0.3, 0.4) is 0 Å². The molecule has 2 aromatic carbocycles. The van der Waals surface area contributed by atoms with E-state index in [9.17, 15) is 9.90 Å². The predicted molar refractivity (Wildman–Crippen MR) is 88.2 cm³/mol. The number of benzene rings is 2. The molecule has 116 valence electrons. The van der Waals surface area contributed by atoms with Crippen molar-refractivity contribution < 1.29 is 9.90 Å². The quantitative estimate of drug-likeness (QED) is 0.912. The lowest BCUT2D eigenvalue weighted by Crippen LogP contribution is -2.40. The lowest BCUT2D eigenvalue weighted by atomic mass is 10.0. The van der Waals surface area contributed by atoms with Gasteiger partial charge >= 0.3 is 0 Å². The summed E-state index contributed by atoms with van der Waals surface area (Å²) in [7, 11) is 0. The van der Waals surface area contributed by atoms with Gasteiger partial charge in [-0.1, -0.05) is 37.3 Å². The summed E-state index contributed by atoms with van der Waals surface area (Å²) in [5, 5.41) is 15.0. The molecule has 2 N–H and O–H groups in total. The first kappa shape index (κ1) is 14.9. The summed E-state index contributed by atoms with van der Waals surface area (Å²) in [5.41, 5.74) is 0.347. The summed E-state index contributed by atoms with van der Waals surface area (Å²) in [4.78, 5) is 14.8. The highest BCUT2D eigenvalue weighted by Crippen LogP contribution is 2.28. The first-order chi connectivity index (χ1) is 10.7. The fourth-order valence-corrected chi connectivity index (χ4v) is 3.29. The molecule has 1 fully saturated rings. The largest absolute Gasteiger partial charge is 0.506 e. The highest BCUT2D eigenvalue weighted by molar-refractivity contribution is 6.03. The summed E-state index contributed by atoms with van der Waals surface area (Å²) < 4.78 is 0. The molecule has 1 aliphatic heterocycles. The van der Waals surface area contributed by atoms with E-state index < -0.39 is 0 Å². The van der Waals surface area contributed by atoms with Crippen molar-refractivity contribution in [3.05, 3.63) is 42.0 Å². The van der Waals surface area contributed by atoms with Crippen LogP contribution in [0.5, 0.6) is 5.75 Å². The molecule has 22 heavy (non-hydrogen) atoms. The van der Waals surface area contributed by atoms with E-state index in [1.165, 1.54) is 6.42 Å². The van der Waals surface area contributed by atoms with Gasteiger partial charge in [-0.15, -0.1) is 0 Å². The third-order valence-electron chi connectivity index (χ3n) is 4.55. The zero-order chi connectivity index (χ0) is 15.5. The Morgan fingerprint density at radius 1 is 1.32 bits per heavy atom. The van der Waals surface area contributed by atoms with Crippen LogP contribution >= 0.6 is 0 Å². The standard InChI is InChI=1S/C18H22N2O2/c1-2-20-11-5-7-14(20)12-19-18(22)16-10-9-13-6-3-4-8-15(13)17(16)21/h3-4,6,8-10,14,21H,2,5,7,11-12H2,1H3,(H,19,22). The van der Waals surface area contributed by atoms with Crippen LogP contribution in [-0.2, 0) is 0 Å². The molecule has 0 spiro atoms. The molecule has 1 saturated heterocycles. The highest BCUT2D eigenvalue weighted by Gasteiger charge is 2.23. The number of likely N-dealkylation sites (tertiary alicyclic amines) is 1. The van der Waals surface area contributed by atoms with Crippen molar-refractivity contribution in [2.24, 2.45) is 0 Å². The van der Waals surface area contributed by atoms with Crippen molar-refractivity contribution in [1.29, 1.82) is 0 Å². The van der Waals surface area contributed by atoms with Gasteiger partial charge in [0.25, 0.3) is 5.91 Å². The van der Waals surface area contributed by atoms with Gasteiger partial charge in [-0.2, -0.15) is 0 Å². The summed E-state index contributed by atoms with van der Waals surface area (Å²) in [6, 6.07) is 11.5. The van der Waals surface area contributed by atoms with E-state index in [0.717, 1.165) is 24.9 Å². The third kappa shape index (κ3) is 2.79. The summed E-state index contributed by atoms with van der Waals surface area (Å²) in [6.45, 7) is 4.91. The van der Waals surface area contributed by atoms with Gasteiger partial charge in [0, 0.05) is 18.0 Å².